The highest BCUT2D eigenvalue weighted by atomic mass is 79.9. The lowest BCUT2D eigenvalue weighted by Crippen LogP contribution is -2.22. The largest absolute Gasteiger partial charge is 0.389 e. The predicted molar refractivity (Wildman–Crippen MR) is 86.7 cm³/mol. The van der Waals surface area contributed by atoms with Gasteiger partial charge in [-0.3, -0.25) is 0 Å². The molecule has 3 N–H and O–H groups in total. The van der Waals surface area contributed by atoms with E-state index in [0.29, 0.717) is 11.1 Å². The summed E-state index contributed by atoms with van der Waals surface area (Å²) < 4.78 is 6.64. The van der Waals surface area contributed by atoms with Crippen LogP contribution in [0.15, 0.2) is 22.7 Å². The van der Waals surface area contributed by atoms with Gasteiger partial charge in [0.05, 0.1) is 6.10 Å². The number of nitrogens with two attached hydrogens (primary N) is 1. The third kappa shape index (κ3) is 4.44. The Morgan fingerprint density at radius 2 is 2.32 bits per heavy atom. The summed E-state index contributed by atoms with van der Waals surface area (Å²) in [6, 6.07) is 5.95. The van der Waals surface area contributed by atoms with E-state index in [0.717, 1.165) is 35.3 Å². The zero-order valence-corrected chi connectivity index (χ0v) is 13.2. The molecule has 104 valence electrons. The van der Waals surface area contributed by atoms with Crippen LogP contribution in [0.1, 0.15) is 31.2 Å². The van der Waals surface area contributed by atoms with Crippen molar-refractivity contribution in [1.29, 1.82) is 0 Å². The van der Waals surface area contributed by atoms with Crippen LogP contribution in [0.5, 0.6) is 0 Å². The van der Waals surface area contributed by atoms with Gasteiger partial charge in [-0.05, 0) is 59.8 Å². The third-order valence-corrected chi connectivity index (χ3v) is 4.18. The highest BCUT2D eigenvalue weighted by molar-refractivity contribution is 9.10. The van der Waals surface area contributed by atoms with Gasteiger partial charge in [-0.25, -0.2) is 0 Å². The molecule has 0 radical (unpaired) electrons. The summed E-state index contributed by atoms with van der Waals surface area (Å²) in [6.07, 6.45) is 5.15. The molecule has 19 heavy (non-hydrogen) atoms. The van der Waals surface area contributed by atoms with Crippen LogP contribution < -0.4 is 11.1 Å². The summed E-state index contributed by atoms with van der Waals surface area (Å²) in [4.78, 5) is 0.411. The van der Waals surface area contributed by atoms with Crippen molar-refractivity contribution in [2.75, 3.05) is 18.5 Å². The standard InChI is InChI=1S/C14H19BrN2OS/c15-13-9-10(4-5-12(13)14(16)19)17-7-6-11-3-1-2-8-18-11/h4-5,9,11,17H,1-3,6-8H2,(H2,16,19). The number of benzene rings is 1. The van der Waals surface area contributed by atoms with Gasteiger partial charge in [-0.15, -0.1) is 0 Å². The molecule has 1 aliphatic rings. The first-order valence-electron chi connectivity index (χ1n) is 6.61. The number of rotatable bonds is 5. The minimum Gasteiger partial charge on any atom is -0.389 e. The first-order chi connectivity index (χ1) is 9.16. The van der Waals surface area contributed by atoms with Crippen molar-refractivity contribution in [2.24, 2.45) is 5.73 Å². The summed E-state index contributed by atoms with van der Waals surface area (Å²) >= 11 is 8.46. The van der Waals surface area contributed by atoms with Gasteiger partial charge in [-0.1, -0.05) is 12.2 Å². The zero-order valence-electron chi connectivity index (χ0n) is 10.8. The van der Waals surface area contributed by atoms with Crippen molar-refractivity contribution in [3.63, 3.8) is 0 Å². The van der Waals surface area contributed by atoms with Crippen LogP contribution in [0, 0.1) is 0 Å². The van der Waals surface area contributed by atoms with Gasteiger partial charge >= 0.3 is 0 Å². The van der Waals surface area contributed by atoms with E-state index in [-0.39, 0.29) is 0 Å². The molecule has 1 fully saturated rings. The number of halogens is 1. The molecule has 0 bridgehead atoms. The maximum atomic E-state index is 5.71. The zero-order chi connectivity index (χ0) is 13.7. The smallest absolute Gasteiger partial charge is 0.105 e. The van der Waals surface area contributed by atoms with Crippen LogP contribution >= 0.6 is 28.1 Å². The van der Waals surface area contributed by atoms with Gasteiger partial charge in [0.1, 0.15) is 4.99 Å². The molecule has 0 aromatic heterocycles. The average molecular weight is 343 g/mol. The van der Waals surface area contributed by atoms with E-state index < -0.39 is 0 Å². The Morgan fingerprint density at radius 3 is 2.95 bits per heavy atom. The second-order valence-corrected chi connectivity index (χ2v) is 6.06. The Balaban J connectivity index is 1.82. The Kier molecular flexibility index (Phi) is 5.60. The number of hydrogen-bond donors (Lipinski definition) is 2. The van der Waals surface area contributed by atoms with E-state index in [9.17, 15) is 0 Å². The van der Waals surface area contributed by atoms with Crippen LogP contribution in [0.3, 0.4) is 0 Å². The molecular formula is C14H19BrN2OS. The second-order valence-electron chi connectivity index (χ2n) is 4.76. The molecule has 1 saturated heterocycles. The summed E-state index contributed by atoms with van der Waals surface area (Å²) in [6.45, 7) is 1.84. The van der Waals surface area contributed by atoms with E-state index >= 15 is 0 Å². The molecule has 1 unspecified atom stereocenters. The molecule has 1 aromatic rings. The quantitative estimate of drug-likeness (QED) is 0.804. The van der Waals surface area contributed by atoms with Crippen LogP contribution in [-0.2, 0) is 4.74 Å². The monoisotopic (exact) mass is 342 g/mol. The normalized spacial score (nSPS) is 19.1. The number of nitrogens with one attached hydrogen (secondary N) is 1. The van der Waals surface area contributed by atoms with E-state index in [2.05, 4.69) is 21.2 Å². The first-order valence-corrected chi connectivity index (χ1v) is 7.82. The second kappa shape index (κ2) is 7.22. The van der Waals surface area contributed by atoms with Crippen LogP contribution in [0.25, 0.3) is 0 Å². The molecule has 0 aliphatic carbocycles. The molecule has 1 aliphatic heterocycles. The van der Waals surface area contributed by atoms with E-state index in [1.807, 2.05) is 18.2 Å². The summed E-state index contributed by atoms with van der Waals surface area (Å²) in [5, 5.41) is 3.40. The fourth-order valence-electron chi connectivity index (χ4n) is 2.24. The molecule has 5 heteroatoms. The average Bonchev–Trinajstić information content (AvgIpc) is 2.39. The maximum absolute atomic E-state index is 5.71. The van der Waals surface area contributed by atoms with E-state index in [1.54, 1.807) is 0 Å². The van der Waals surface area contributed by atoms with Crippen molar-refractivity contribution in [3.05, 3.63) is 28.2 Å². The lowest BCUT2D eigenvalue weighted by Gasteiger charge is -2.22. The molecule has 3 nitrogen and oxygen atoms in total. The summed E-state index contributed by atoms with van der Waals surface area (Å²) in [5.41, 5.74) is 7.57. The van der Waals surface area contributed by atoms with Crippen molar-refractivity contribution < 1.29 is 4.74 Å². The van der Waals surface area contributed by atoms with Gasteiger partial charge in [0, 0.05) is 28.9 Å². The molecule has 1 atom stereocenters. The number of hydrogen-bond acceptors (Lipinski definition) is 3. The van der Waals surface area contributed by atoms with Crippen LogP contribution in [0.4, 0.5) is 5.69 Å². The Hall–Kier alpha value is -0.650. The Morgan fingerprint density at radius 1 is 1.47 bits per heavy atom. The fraction of sp³-hybridized carbons (Fsp3) is 0.500. The van der Waals surface area contributed by atoms with Crippen molar-refractivity contribution in [1.82, 2.24) is 0 Å². The topological polar surface area (TPSA) is 47.3 Å². The van der Waals surface area contributed by atoms with E-state index in [4.69, 9.17) is 22.7 Å². The molecule has 1 heterocycles. The molecule has 0 spiro atoms. The lowest BCUT2D eigenvalue weighted by molar-refractivity contribution is 0.0134. The van der Waals surface area contributed by atoms with Gasteiger partial charge in [-0.2, -0.15) is 0 Å². The number of thiocarbonyl (C=S) groups is 1. The Labute approximate surface area is 128 Å². The lowest BCUT2D eigenvalue weighted by atomic mass is 10.1. The van der Waals surface area contributed by atoms with E-state index in [1.165, 1.54) is 19.3 Å². The minimum atomic E-state index is 0.411. The molecule has 2 rings (SSSR count). The Bertz CT molecular complexity index is 447. The number of anilines is 1. The highest BCUT2D eigenvalue weighted by Gasteiger charge is 2.13. The number of ether oxygens (including phenoxy) is 1. The molecular weight excluding hydrogens is 324 g/mol. The molecule has 0 amide bonds. The summed E-state index contributed by atoms with van der Waals surface area (Å²) in [7, 11) is 0. The van der Waals surface area contributed by atoms with Crippen molar-refractivity contribution in [3.8, 4) is 0 Å². The predicted octanol–water partition coefficient (Wildman–Crippen LogP) is 3.45. The third-order valence-electron chi connectivity index (χ3n) is 3.30. The maximum Gasteiger partial charge on any atom is 0.105 e. The van der Waals surface area contributed by atoms with Gasteiger partial charge in [0.15, 0.2) is 0 Å². The van der Waals surface area contributed by atoms with Crippen LogP contribution in [0.2, 0.25) is 0 Å². The fourth-order valence-corrected chi connectivity index (χ4v) is 3.14. The minimum absolute atomic E-state index is 0.411. The molecule has 1 aromatic carbocycles. The van der Waals surface area contributed by atoms with Crippen LogP contribution in [-0.4, -0.2) is 24.2 Å². The van der Waals surface area contributed by atoms with Gasteiger partial charge in [0.25, 0.3) is 0 Å². The highest BCUT2D eigenvalue weighted by Crippen LogP contribution is 2.22. The SMILES string of the molecule is NC(=S)c1ccc(NCCC2CCCCO2)cc1Br. The van der Waals surface area contributed by atoms with Gasteiger partial charge in [0.2, 0.25) is 0 Å². The van der Waals surface area contributed by atoms with Gasteiger partial charge < -0.3 is 15.8 Å². The first kappa shape index (κ1) is 14.8. The molecule has 0 saturated carbocycles. The summed E-state index contributed by atoms with van der Waals surface area (Å²) in [5.74, 6) is 0. The van der Waals surface area contributed by atoms with Crippen molar-refractivity contribution >= 4 is 38.8 Å². The van der Waals surface area contributed by atoms with Crippen molar-refractivity contribution in [2.45, 2.75) is 31.8 Å².